The number of rotatable bonds is 11. The largest absolute Gasteiger partial charge is 0.338 e. The molecule has 8 rings (SSSR count). The highest BCUT2D eigenvalue weighted by atomic mass is 32.2. The van der Waals surface area contributed by atoms with Gasteiger partial charge in [0, 0.05) is 11.1 Å². The molecule has 4 N–H and O–H groups in total. The summed E-state index contributed by atoms with van der Waals surface area (Å²) in [6.07, 6.45) is 0. The Morgan fingerprint density at radius 1 is 0.676 bits per heavy atom. The molecule has 0 spiro atoms. The summed E-state index contributed by atoms with van der Waals surface area (Å²) >= 11 is 2.20. The third kappa shape index (κ3) is 9.54. The average molecular weight is 1060 g/mol. The van der Waals surface area contributed by atoms with E-state index >= 15 is 0 Å². The lowest BCUT2D eigenvalue weighted by Crippen LogP contribution is -2.16. The number of benzene rings is 4. The first-order chi connectivity index (χ1) is 33.0. The molecule has 71 heavy (non-hydrogen) atoms. The third-order valence-electron chi connectivity index (χ3n) is 11.9. The lowest BCUT2D eigenvalue weighted by Gasteiger charge is -2.28. The number of fused-ring (bicyclic) bond motifs is 2. The Kier molecular flexibility index (Phi) is 12.8. The summed E-state index contributed by atoms with van der Waals surface area (Å²) in [5.41, 5.74) is 6.98. The van der Waals surface area contributed by atoms with Crippen LogP contribution in [0.1, 0.15) is 76.5 Å². The van der Waals surface area contributed by atoms with Gasteiger partial charge in [-0.2, -0.15) is 40.3 Å². The minimum atomic E-state index is -4.72. The van der Waals surface area contributed by atoms with E-state index in [1.807, 2.05) is 59.4 Å². The van der Waals surface area contributed by atoms with Crippen LogP contribution in [0.2, 0.25) is 0 Å². The molecule has 0 atom stereocenters. The Bertz CT molecular complexity index is 4000. The van der Waals surface area contributed by atoms with E-state index in [0.29, 0.717) is 59.5 Å². The average Bonchev–Trinajstić information content (AvgIpc) is 3.98. The Morgan fingerprint density at radius 2 is 1.27 bits per heavy atom. The number of thiazole rings is 2. The van der Waals surface area contributed by atoms with Gasteiger partial charge in [0.1, 0.15) is 28.0 Å². The summed E-state index contributed by atoms with van der Waals surface area (Å²) in [5, 5.41) is 28.8. The number of hydrogen-bond donors (Lipinski definition) is 4. The quantitative estimate of drug-likeness (QED) is 0.0692. The summed E-state index contributed by atoms with van der Waals surface area (Å²) in [4.78, 5) is 15.7. The highest BCUT2D eigenvalue weighted by molar-refractivity contribution is 7.86. The fourth-order valence-electron chi connectivity index (χ4n) is 8.43. The van der Waals surface area contributed by atoms with Gasteiger partial charge in [-0.1, -0.05) is 55.6 Å². The molecule has 0 radical (unpaired) electrons. The van der Waals surface area contributed by atoms with Gasteiger partial charge < -0.3 is 5.32 Å². The second-order valence-electron chi connectivity index (χ2n) is 18.1. The predicted octanol–water partition coefficient (Wildman–Crippen LogP) is 11.5. The van der Waals surface area contributed by atoms with Crippen molar-refractivity contribution in [3.05, 3.63) is 110 Å². The SMILES string of the molecule is Cc1cc(C)c(N(c2cc(C)c(N=Nc3c(C#N)c(C(C)(C)C)nn3-c3nc4ccc(S(=O)(=O)O)cc4s3)c(Nc3c(C)cc(C)c(S(=O)(=O)O)c3C)n2)c2nc3ccc(S(=O)(=O)O)cc3s2)c(C)c1C. The fraction of sp³-hybridized carbons (Fsp3) is 0.255. The van der Waals surface area contributed by atoms with Gasteiger partial charge >= 0.3 is 0 Å². The van der Waals surface area contributed by atoms with E-state index in [4.69, 9.17) is 20.2 Å². The monoisotopic (exact) mass is 1050 g/mol. The van der Waals surface area contributed by atoms with Gasteiger partial charge in [0.2, 0.25) is 5.13 Å². The maximum absolute atomic E-state index is 12.8. The number of nitrogens with one attached hydrogen (secondary N) is 1. The van der Waals surface area contributed by atoms with Crippen molar-refractivity contribution in [2.75, 3.05) is 10.2 Å². The fourth-order valence-corrected chi connectivity index (χ4v) is 12.5. The second-order valence-corrected chi connectivity index (χ2v) is 24.3. The molecule has 0 aliphatic rings. The van der Waals surface area contributed by atoms with Crippen LogP contribution >= 0.6 is 22.7 Å². The van der Waals surface area contributed by atoms with Crippen LogP contribution in [-0.2, 0) is 35.8 Å². The van der Waals surface area contributed by atoms with Crippen LogP contribution < -0.4 is 10.2 Å². The first kappa shape index (κ1) is 50.8. The normalized spacial score (nSPS) is 12.6. The van der Waals surface area contributed by atoms with E-state index in [0.717, 1.165) is 44.9 Å². The molecule has 0 bridgehead atoms. The van der Waals surface area contributed by atoms with Crippen molar-refractivity contribution in [3.63, 3.8) is 0 Å². The van der Waals surface area contributed by atoms with Crippen LogP contribution in [0.4, 0.5) is 39.6 Å². The number of pyridine rings is 1. The Morgan fingerprint density at radius 3 is 1.85 bits per heavy atom. The predicted molar refractivity (Wildman–Crippen MR) is 273 cm³/mol. The number of anilines is 5. The molecule has 8 aromatic rings. The van der Waals surface area contributed by atoms with Crippen LogP contribution in [0.5, 0.6) is 0 Å². The first-order valence-electron chi connectivity index (χ1n) is 21.4. The molecular formula is C47H46N10O9S5. The number of aromatic nitrogens is 5. The molecule has 0 aliphatic carbocycles. The molecule has 19 nitrogen and oxygen atoms in total. The standard InChI is InChI=1S/C47H46N10O9S5/c1-22-16-25(4)40(28(7)27(22)6)56(45-49-33-14-12-30(69(58,59)60)19-35(33)67-45)37-18-24(3)39(43(51-37)52-38-23(2)17-26(5)41(29(38)8)71(64,65)66)53-54-44-32(21-48)42(47(9,10)11)55-57(44)46-50-34-15-13-31(70(61,62)63)20-36(34)68-46/h12-20H,1-11H3,(H,51,52)(H,58,59,60)(H,61,62,63)(H,64,65,66). The van der Waals surface area contributed by atoms with E-state index in [-0.39, 0.29) is 54.0 Å². The molecule has 0 unspecified atom stereocenters. The van der Waals surface area contributed by atoms with E-state index in [2.05, 4.69) is 21.5 Å². The van der Waals surface area contributed by atoms with Crippen LogP contribution in [0.25, 0.3) is 25.6 Å². The lowest BCUT2D eigenvalue weighted by atomic mass is 9.90. The molecule has 4 heterocycles. The second kappa shape index (κ2) is 17.9. The van der Waals surface area contributed by atoms with Gasteiger partial charge in [-0.3, -0.25) is 18.6 Å². The highest BCUT2D eigenvalue weighted by Crippen LogP contribution is 2.47. The zero-order valence-electron chi connectivity index (χ0n) is 40.1. The molecule has 4 aromatic heterocycles. The van der Waals surface area contributed by atoms with Crippen LogP contribution in [0.15, 0.2) is 79.5 Å². The minimum absolute atomic E-state index is 0.0287. The summed E-state index contributed by atoms with van der Waals surface area (Å²) in [6, 6.07) is 15.6. The van der Waals surface area contributed by atoms with Crippen molar-refractivity contribution in [1.82, 2.24) is 24.7 Å². The Labute approximate surface area is 417 Å². The maximum atomic E-state index is 12.8. The Balaban J connectivity index is 1.41. The topological polar surface area (TPSA) is 283 Å². The number of azo groups is 1. The van der Waals surface area contributed by atoms with E-state index in [9.17, 15) is 44.2 Å². The molecule has 0 aliphatic heterocycles. The zero-order chi connectivity index (χ0) is 52.0. The van der Waals surface area contributed by atoms with Crippen molar-refractivity contribution < 1.29 is 38.9 Å². The number of hydrogen-bond acceptors (Lipinski definition) is 17. The van der Waals surface area contributed by atoms with Gasteiger partial charge in [0.25, 0.3) is 30.4 Å². The summed E-state index contributed by atoms with van der Waals surface area (Å²) in [7, 11) is -13.8. The molecule has 24 heteroatoms. The van der Waals surface area contributed by atoms with E-state index in [1.54, 1.807) is 39.8 Å². The molecular weight excluding hydrogens is 1010 g/mol. The number of nitriles is 1. The van der Waals surface area contributed by atoms with Gasteiger partial charge in [-0.05, 0) is 142 Å². The molecule has 4 aromatic carbocycles. The summed E-state index contributed by atoms with van der Waals surface area (Å²) < 4.78 is 106. The van der Waals surface area contributed by atoms with Gasteiger partial charge in [-0.25, -0.2) is 15.0 Å². The summed E-state index contributed by atoms with van der Waals surface area (Å²) in [5.74, 6) is 0.317. The Hall–Kier alpha value is -6.56. The van der Waals surface area contributed by atoms with Crippen LogP contribution in [0, 0.1) is 66.7 Å². The zero-order valence-corrected chi connectivity index (χ0v) is 44.1. The minimum Gasteiger partial charge on any atom is -0.338 e. The van der Waals surface area contributed by atoms with Crippen molar-refractivity contribution in [1.29, 1.82) is 5.26 Å². The van der Waals surface area contributed by atoms with Crippen LogP contribution in [-0.4, -0.2) is 63.6 Å². The van der Waals surface area contributed by atoms with Crippen molar-refractivity contribution >= 4 is 113 Å². The molecule has 368 valence electrons. The van der Waals surface area contributed by atoms with Crippen LogP contribution in [0.3, 0.4) is 0 Å². The molecule has 0 fully saturated rings. The smallest absolute Gasteiger partial charge is 0.295 e. The van der Waals surface area contributed by atoms with Gasteiger partial charge in [0.15, 0.2) is 16.8 Å². The first-order valence-corrected chi connectivity index (χ1v) is 27.4. The van der Waals surface area contributed by atoms with Crippen molar-refractivity contribution in [2.24, 2.45) is 10.2 Å². The molecule has 0 saturated heterocycles. The number of aryl methyl sites for hydroxylation is 5. The lowest BCUT2D eigenvalue weighted by molar-refractivity contribution is 0.480. The molecule has 0 saturated carbocycles. The number of nitrogens with zero attached hydrogens (tertiary/aromatic N) is 9. The van der Waals surface area contributed by atoms with Gasteiger partial charge in [-0.15, -0.1) is 10.2 Å². The third-order valence-corrected chi connectivity index (χ3v) is 16.8. The summed E-state index contributed by atoms with van der Waals surface area (Å²) in [6.45, 7) is 20.1. The van der Waals surface area contributed by atoms with E-state index < -0.39 is 35.8 Å². The van der Waals surface area contributed by atoms with Crippen molar-refractivity contribution in [2.45, 2.75) is 96.3 Å². The highest BCUT2D eigenvalue weighted by Gasteiger charge is 2.31. The van der Waals surface area contributed by atoms with E-state index in [1.165, 1.54) is 41.1 Å². The van der Waals surface area contributed by atoms with Crippen molar-refractivity contribution in [3.8, 4) is 11.2 Å². The maximum Gasteiger partial charge on any atom is 0.295 e. The molecule has 0 amide bonds. The van der Waals surface area contributed by atoms with Gasteiger partial charge in [0.05, 0.1) is 41.6 Å².